The quantitative estimate of drug-likeness (QED) is 0.738. The molecule has 6 heteroatoms. The minimum absolute atomic E-state index is 0.126. The van der Waals surface area contributed by atoms with Crippen molar-refractivity contribution in [2.24, 2.45) is 4.99 Å². The number of guanidine groups is 1. The summed E-state index contributed by atoms with van der Waals surface area (Å²) in [5.41, 5.74) is 1.31. The Hall–Kier alpha value is -2.08. The van der Waals surface area contributed by atoms with Gasteiger partial charge in [0.2, 0.25) is 0 Å². The second-order valence-electron chi connectivity index (χ2n) is 5.97. The molecule has 1 aromatic rings. The monoisotopic (exact) mass is 316 g/mol. The highest BCUT2D eigenvalue weighted by atomic mass is 16.5. The molecule has 2 N–H and O–H groups in total. The van der Waals surface area contributed by atoms with Crippen molar-refractivity contribution in [2.45, 2.75) is 25.8 Å². The Kier molecular flexibility index (Phi) is 5.47. The zero-order valence-corrected chi connectivity index (χ0v) is 13.4. The van der Waals surface area contributed by atoms with Crippen molar-refractivity contribution in [2.75, 3.05) is 32.8 Å². The van der Waals surface area contributed by atoms with Crippen molar-refractivity contribution in [3.05, 3.63) is 29.8 Å². The SMILES string of the molecule is O=C1CNC(NCCCOc2cccc(CN3CCCC3)c2)=N1. The molecule has 1 fully saturated rings. The predicted octanol–water partition coefficient (Wildman–Crippen LogP) is 1.13. The topological polar surface area (TPSA) is 66.0 Å². The third-order valence-corrected chi connectivity index (χ3v) is 4.03. The molecule has 0 spiro atoms. The molecule has 0 aliphatic carbocycles. The van der Waals surface area contributed by atoms with Gasteiger partial charge in [-0.05, 0) is 50.0 Å². The maximum atomic E-state index is 11.0. The lowest BCUT2D eigenvalue weighted by Crippen LogP contribution is -2.34. The summed E-state index contributed by atoms with van der Waals surface area (Å²) in [4.78, 5) is 17.3. The van der Waals surface area contributed by atoms with Gasteiger partial charge in [-0.3, -0.25) is 9.69 Å². The van der Waals surface area contributed by atoms with Crippen LogP contribution in [-0.2, 0) is 11.3 Å². The fraction of sp³-hybridized carbons (Fsp3) is 0.529. The van der Waals surface area contributed by atoms with Crippen LogP contribution in [0.3, 0.4) is 0 Å². The van der Waals surface area contributed by atoms with Gasteiger partial charge in [-0.15, -0.1) is 0 Å². The summed E-state index contributed by atoms with van der Waals surface area (Å²) >= 11 is 0. The van der Waals surface area contributed by atoms with Crippen LogP contribution >= 0.6 is 0 Å². The van der Waals surface area contributed by atoms with Crippen LogP contribution in [0.4, 0.5) is 0 Å². The van der Waals surface area contributed by atoms with E-state index < -0.39 is 0 Å². The highest BCUT2D eigenvalue weighted by Gasteiger charge is 2.12. The average molecular weight is 316 g/mol. The number of nitrogens with zero attached hydrogens (tertiary/aromatic N) is 2. The molecule has 3 rings (SSSR count). The van der Waals surface area contributed by atoms with Crippen molar-refractivity contribution in [3.63, 3.8) is 0 Å². The van der Waals surface area contributed by atoms with Crippen molar-refractivity contribution >= 4 is 11.9 Å². The Balaban J connectivity index is 1.36. The molecule has 0 aromatic heterocycles. The number of hydrogen-bond acceptors (Lipinski definition) is 5. The smallest absolute Gasteiger partial charge is 0.268 e. The zero-order valence-electron chi connectivity index (χ0n) is 13.4. The van der Waals surface area contributed by atoms with E-state index in [2.05, 4.69) is 38.7 Å². The summed E-state index contributed by atoms with van der Waals surface area (Å²) < 4.78 is 5.81. The number of likely N-dealkylation sites (tertiary alicyclic amines) is 1. The fourth-order valence-corrected chi connectivity index (χ4v) is 2.87. The maximum absolute atomic E-state index is 11.0. The third-order valence-electron chi connectivity index (χ3n) is 4.03. The van der Waals surface area contributed by atoms with E-state index in [0.29, 0.717) is 19.1 Å². The van der Waals surface area contributed by atoms with Crippen LogP contribution in [0.5, 0.6) is 5.75 Å². The minimum Gasteiger partial charge on any atom is -0.494 e. The summed E-state index contributed by atoms with van der Waals surface area (Å²) in [6, 6.07) is 8.35. The van der Waals surface area contributed by atoms with Crippen LogP contribution < -0.4 is 15.4 Å². The molecule has 6 nitrogen and oxygen atoms in total. The molecule has 1 aromatic carbocycles. The summed E-state index contributed by atoms with van der Waals surface area (Å²) in [5.74, 6) is 1.37. The summed E-state index contributed by atoms with van der Waals surface area (Å²) in [6.07, 6.45) is 3.48. The van der Waals surface area contributed by atoms with E-state index >= 15 is 0 Å². The van der Waals surface area contributed by atoms with Gasteiger partial charge in [-0.25, -0.2) is 0 Å². The lowest BCUT2D eigenvalue weighted by atomic mass is 10.2. The summed E-state index contributed by atoms with van der Waals surface area (Å²) in [7, 11) is 0. The number of ether oxygens (including phenoxy) is 1. The normalized spacial score (nSPS) is 17.9. The lowest BCUT2D eigenvalue weighted by Gasteiger charge is -2.15. The molecule has 0 unspecified atom stereocenters. The standard InChI is InChI=1S/C17H24N4O2/c22-16-12-19-17(20-16)18-7-4-10-23-15-6-3-5-14(11-15)13-21-8-1-2-9-21/h3,5-6,11H,1-2,4,7-10,12-13H2,(H2,18,19,20,22). The number of benzene rings is 1. The first-order valence-electron chi connectivity index (χ1n) is 8.33. The van der Waals surface area contributed by atoms with Crippen molar-refractivity contribution in [1.29, 1.82) is 0 Å². The molecule has 2 aliphatic heterocycles. The van der Waals surface area contributed by atoms with Gasteiger partial charge in [0, 0.05) is 13.1 Å². The van der Waals surface area contributed by atoms with Crippen LogP contribution in [0.25, 0.3) is 0 Å². The first-order valence-corrected chi connectivity index (χ1v) is 8.33. The van der Waals surface area contributed by atoms with Gasteiger partial charge in [0.15, 0.2) is 5.96 Å². The van der Waals surface area contributed by atoms with Gasteiger partial charge in [-0.2, -0.15) is 4.99 Å². The molecule has 2 heterocycles. The van der Waals surface area contributed by atoms with E-state index in [1.54, 1.807) is 0 Å². The highest BCUT2D eigenvalue weighted by molar-refractivity contribution is 6.00. The molecule has 23 heavy (non-hydrogen) atoms. The molecule has 2 aliphatic rings. The third kappa shape index (κ3) is 4.96. The molecule has 0 radical (unpaired) electrons. The molecule has 0 atom stereocenters. The average Bonchev–Trinajstić information content (AvgIpc) is 3.19. The van der Waals surface area contributed by atoms with Crippen LogP contribution in [0.15, 0.2) is 29.3 Å². The number of amides is 1. The molecular weight excluding hydrogens is 292 g/mol. The molecule has 0 saturated carbocycles. The highest BCUT2D eigenvalue weighted by Crippen LogP contribution is 2.17. The number of carbonyl (C=O) groups excluding carboxylic acids is 1. The number of hydrogen-bond donors (Lipinski definition) is 2. The molecule has 0 bridgehead atoms. The van der Waals surface area contributed by atoms with Crippen LogP contribution in [0.1, 0.15) is 24.8 Å². The van der Waals surface area contributed by atoms with Crippen LogP contribution in [0.2, 0.25) is 0 Å². The van der Waals surface area contributed by atoms with Crippen molar-refractivity contribution in [3.8, 4) is 5.75 Å². The zero-order chi connectivity index (χ0) is 15.9. The summed E-state index contributed by atoms with van der Waals surface area (Å²) in [6.45, 7) is 5.09. The summed E-state index contributed by atoms with van der Waals surface area (Å²) in [5, 5.41) is 5.99. The van der Waals surface area contributed by atoms with Crippen molar-refractivity contribution in [1.82, 2.24) is 15.5 Å². The number of rotatable bonds is 7. The van der Waals surface area contributed by atoms with E-state index in [4.69, 9.17) is 4.74 Å². The number of nitrogens with one attached hydrogen (secondary N) is 2. The van der Waals surface area contributed by atoms with E-state index in [9.17, 15) is 4.79 Å². The van der Waals surface area contributed by atoms with E-state index in [0.717, 1.165) is 25.3 Å². The van der Waals surface area contributed by atoms with Gasteiger partial charge in [-0.1, -0.05) is 12.1 Å². The maximum Gasteiger partial charge on any atom is 0.268 e. The van der Waals surface area contributed by atoms with Crippen molar-refractivity contribution < 1.29 is 9.53 Å². The number of aliphatic imine (C=N–C) groups is 1. The predicted molar refractivity (Wildman–Crippen MR) is 89.5 cm³/mol. The van der Waals surface area contributed by atoms with E-state index in [1.165, 1.54) is 31.5 Å². The molecule has 1 amide bonds. The molecule has 124 valence electrons. The number of carbonyl (C=O) groups is 1. The first kappa shape index (κ1) is 15.8. The molecular formula is C17H24N4O2. The van der Waals surface area contributed by atoms with Gasteiger partial charge in [0.25, 0.3) is 5.91 Å². The van der Waals surface area contributed by atoms with E-state index in [1.807, 2.05) is 6.07 Å². The van der Waals surface area contributed by atoms with Gasteiger partial charge in [0.1, 0.15) is 5.75 Å². The van der Waals surface area contributed by atoms with Gasteiger partial charge >= 0.3 is 0 Å². The van der Waals surface area contributed by atoms with Crippen LogP contribution in [0, 0.1) is 0 Å². The van der Waals surface area contributed by atoms with Gasteiger partial charge in [0.05, 0.1) is 13.2 Å². The van der Waals surface area contributed by atoms with E-state index in [-0.39, 0.29) is 5.91 Å². The Bertz CT molecular complexity index is 567. The Labute approximate surface area is 136 Å². The fourth-order valence-electron chi connectivity index (χ4n) is 2.87. The second-order valence-corrected chi connectivity index (χ2v) is 5.97. The second kappa shape index (κ2) is 7.97. The lowest BCUT2D eigenvalue weighted by molar-refractivity contribution is -0.116. The van der Waals surface area contributed by atoms with Gasteiger partial charge < -0.3 is 15.4 Å². The Morgan fingerprint density at radius 2 is 2.17 bits per heavy atom. The molecule has 1 saturated heterocycles. The van der Waals surface area contributed by atoms with Crippen LogP contribution in [-0.4, -0.2) is 49.6 Å². The Morgan fingerprint density at radius 1 is 1.30 bits per heavy atom. The minimum atomic E-state index is -0.126. The first-order chi connectivity index (χ1) is 11.3. The largest absolute Gasteiger partial charge is 0.494 e. The Morgan fingerprint density at radius 3 is 2.96 bits per heavy atom.